The van der Waals surface area contributed by atoms with Gasteiger partial charge in [-0.2, -0.15) is 0 Å². The molecular weight excluding hydrogens is 533 g/mol. The van der Waals surface area contributed by atoms with E-state index in [1.807, 2.05) is 71.1 Å². The molecule has 0 spiro atoms. The summed E-state index contributed by atoms with van der Waals surface area (Å²) in [6.07, 6.45) is 1.52. The van der Waals surface area contributed by atoms with E-state index in [2.05, 4.69) is 25.3 Å². The van der Waals surface area contributed by atoms with E-state index in [9.17, 15) is 14.0 Å². The van der Waals surface area contributed by atoms with E-state index in [1.165, 1.54) is 6.07 Å². The highest BCUT2D eigenvalue weighted by Gasteiger charge is 2.20. The zero-order valence-corrected chi connectivity index (χ0v) is 23.5. The molecule has 9 nitrogen and oxygen atoms in total. The van der Waals surface area contributed by atoms with Gasteiger partial charge in [0.05, 0.1) is 23.1 Å². The number of carbonyl (C=O) groups is 1. The molecule has 3 heterocycles. The minimum Gasteiger partial charge on any atom is -0.367 e. The second-order valence-corrected chi connectivity index (χ2v) is 10.6. The lowest BCUT2D eigenvalue weighted by molar-refractivity contribution is -0.121. The van der Waals surface area contributed by atoms with Crippen LogP contribution in [0.1, 0.15) is 24.2 Å². The molecular formula is C32H34FN7O2. The Labute approximate surface area is 243 Å². The predicted molar refractivity (Wildman–Crippen MR) is 161 cm³/mol. The lowest BCUT2D eigenvalue weighted by Gasteiger charge is -2.36. The fourth-order valence-electron chi connectivity index (χ4n) is 5.65. The molecule has 0 aliphatic carbocycles. The molecule has 0 atom stereocenters. The summed E-state index contributed by atoms with van der Waals surface area (Å²) >= 11 is 0. The van der Waals surface area contributed by atoms with Gasteiger partial charge in [0.25, 0.3) is 5.56 Å². The van der Waals surface area contributed by atoms with Crippen LogP contribution in [0.4, 0.5) is 10.1 Å². The smallest absolute Gasteiger partial charge is 0.263 e. The third-order valence-corrected chi connectivity index (χ3v) is 7.87. The molecule has 216 valence electrons. The fourth-order valence-corrected chi connectivity index (χ4v) is 5.65. The van der Waals surface area contributed by atoms with Crippen molar-refractivity contribution in [3.8, 4) is 0 Å². The standard InChI is InChI=1S/C32H34FN7O2/c33-26-12-5-7-14-28(26)38-21-19-37(20-22-38)18-8-17-34-30(41)16-15-29-35-36-32-39(23-24-9-2-1-3-10-24)31(42)25-11-4-6-13-27(25)40(29)32/h1-7,9-14H,8,15-23H2,(H,34,41). The van der Waals surface area contributed by atoms with Crippen LogP contribution >= 0.6 is 0 Å². The van der Waals surface area contributed by atoms with Crippen molar-refractivity contribution in [2.45, 2.75) is 25.8 Å². The van der Waals surface area contributed by atoms with Gasteiger partial charge in [0.2, 0.25) is 11.7 Å². The summed E-state index contributed by atoms with van der Waals surface area (Å²) in [7, 11) is 0. The minimum atomic E-state index is -0.178. The SMILES string of the molecule is O=C(CCc1nnc2n(Cc3ccccc3)c(=O)c3ccccc3n12)NCCCN1CCN(c2ccccc2F)CC1. The number of amides is 1. The first kappa shape index (κ1) is 27.6. The molecule has 1 aliphatic heterocycles. The maximum absolute atomic E-state index is 14.1. The van der Waals surface area contributed by atoms with Gasteiger partial charge in [-0.05, 0) is 42.8 Å². The van der Waals surface area contributed by atoms with Crippen LogP contribution in [0.3, 0.4) is 0 Å². The molecule has 0 bridgehead atoms. The molecule has 1 saturated heterocycles. The number of hydrogen-bond acceptors (Lipinski definition) is 6. The first-order valence-corrected chi connectivity index (χ1v) is 14.5. The van der Waals surface area contributed by atoms with Crippen LogP contribution in [0, 0.1) is 5.82 Å². The average Bonchev–Trinajstić information content (AvgIpc) is 3.45. The van der Waals surface area contributed by atoms with Crippen LogP contribution in [0.5, 0.6) is 0 Å². The number of carbonyl (C=O) groups excluding carboxylic acids is 1. The average molecular weight is 568 g/mol. The van der Waals surface area contributed by atoms with Crippen LogP contribution in [-0.2, 0) is 17.8 Å². The Morgan fingerprint density at radius 3 is 2.43 bits per heavy atom. The van der Waals surface area contributed by atoms with Crippen molar-refractivity contribution in [1.29, 1.82) is 0 Å². The first-order valence-electron chi connectivity index (χ1n) is 14.5. The van der Waals surface area contributed by atoms with Crippen LogP contribution in [0.15, 0.2) is 83.7 Å². The van der Waals surface area contributed by atoms with Crippen molar-refractivity contribution < 1.29 is 9.18 Å². The molecule has 2 aromatic heterocycles. The van der Waals surface area contributed by atoms with Gasteiger partial charge in [-0.15, -0.1) is 10.2 Å². The normalized spacial score (nSPS) is 14.1. The van der Waals surface area contributed by atoms with Crippen LogP contribution in [-0.4, -0.2) is 69.2 Å². The van der Waals surface area contributed by atoms with Gasteiger partial charge in [0.15, 0.2) is 0 Å². The van der Waals surface area contributed by atoms with Gasteiger partial charge in [0, 0.05) is 45.6 Å². The molecule has 0 saturated carbocycles. The number of nitrogens with one attached hydrogen (secondary N) is 1. The lowest BCUT2D eigenvalue weighted by Crippen LogP contribution is -2.47. The van der Waals surface area contributed by atoms with Crippen molar-refractivity contribution >= 4 is 28.3 Å². The Morgan fingerprint density at radius 1 is 0.881 bits per heavy atom. The summed E-state index contributed by atoms with van der Waals surface area (Å²) in [5.74, 6) is 0.888. The molecule has 1 amide bonds. The molecule has 3 aromatic carbocycles. The van der Waals surface area contributed by atoms with Gasteiger partial charge in [-0.1, -0.05) is 54.6 Å². The zero-order chi connectivity index (χ0) is 28.9. The number of halogens is 1. The van der Waals surface area contributed by atoms with Crippen molar-refractivity contribution in [1.82, 2.24) is 29.4 Å². The number of aromatic nitrogens is 4. The summed E-state index contributed by atoms with van der Waals surface area (Å²) in [4.78, 5) is 30.5. The van der Waals surface area contributed by atoms with E-state index in [0.29, 0.717) is 42.2 Å². The maximum Gasteiger partial charge on any atom is 0.263 e. The Kier molecular flexibility index (Phi) is 8.23. The number of anilines is 1. The van der Waals surface area contributed by atoms with Gasteiger partial charge in [-0.25, -0.2) is 4.39 Å². The van der Waals surface area contributed by atoms with Gasteiger partial charge < -0.3 is 10.2 Å². The van der Waals surface area contributed by atoms with Crippen molar-refractivity contribution in [3.63, 3.8) is 0 Å². The number of benzene rings is 3. The number of piperazine rings is 1. The zero-order valence-electron chi connectivity index (χ0n) is 23.5. The van der Waals surface area contributed by atoms with E-state index in [-0.39, 0.29) is 23.7 Å². The largest absolute Gasteiger partial charge is 0.367 e. The Balaban J connectivity index is 1.04. The van der Waals surface area contributed by atoms with E-state index < -0.39 is 0 Å². The molecule has 1 fully saturated rings. The number of para-hydroxylation sites is 2. The number of fused-ring (bicyclic) bond motifs is 3. The molecule has 1 aliphatic rings. The van der Waals surface area contributed by atoms with Crippen molar-refractivity contribution in [3.05, 3.63) is 106 Å². The van der Waals surface area contributed by atoms with Crippen LogP contribution < -0.4 is 15.8 Å². The number of aryl methyl sites for hydroxylation is 1. The van der Waals surface area contributed by atoms with Gasteiger partial charge in [-0.3, -0.25) is 23.5 Å². The van der Waals surface area contributed by atoms with Gasteiger partial charge in [0.1, 0.15) is 11.6 Å². The Hall–Kier alpha value is -4.57. The van der Waals surface area contributed by atoms with E-state index in [1.54, 1.807) is 10.6 Å². The number of rotatable bonds is 10. The highest BCUT2D eigenvalue weighted by molar-refractivity contribution is 5.80. The monoisotopic (exact) mass is 567 g/mol. The maximum atomic E-state index is 14.1. The highest BCUT2D eigenvalue weighted by atomic mass is 19.1. The summed E-state index contributed by atoms with van der Waals surface area (Å²) in [6.45, 7) is 5.15. The molecule has 0 radical (unpaired) electrons. The second kappa shape index (κ2) is 12.5. The summed E-state index contributed by atoms with van der Waals surface area (Å²) in [5, 5.41) is 12.4. The Bertz CT molecular complexity index is 1740. The topological polar surface area (TPSA) is 87.8 Å². The molecule has 42 heavy (non-hydrogen) atoms. The van der Waals surface area contributed by atoms with E-state index in [0.717, 1.165) is 50.2 Å². The lowest BCUT2D eigenvalue weighted by atomic mass is 10.2. The van der Waals surface area contributed by atoms with E-state index in [4.69, 9.17) is 0 Å². The molecule has 1 N–H and O–H groups in total. The number of hydrogen-bond donors (Lipinski definition) is 1. The summed E-state index contributed by atoms with van der Waals surface area (Å²) in [5.41, 5.74) is 2.27. The Morgan fingerprint density at radius 2 is 1.62 bits per heavy atom. The summed E-state index contributed by atoms with van der Waals surface area (Å²) in [6, 6.07) is 24.1. The predicted octanol–water partition coefficient (Wildman–Crippen LogP) is 3.49. The molecule has 6 rings (SSSR count). The van der Waals surface area contributed by atoms with E-state index >= 15 is 0 Å². The second-order valence-electron chi connectivity index (χ2n) is 10.6. The van der Waals surface area contributed by atoms with Crippen molar-refractivity contribution in [2.75, 3.05) is 44.2 Å². The third kappa shape index (κ3) is 5.89. The molecule has 5 aromatic rings. The molecule has 10 heteroatoms. The third-order valence-electron chi connectivity index (χ3n) is 7.87. The first-order chi connectivity index (χ1) is 20.6. The highest BCUT2D eigenvalue weighted by Crippen LogP contribution is 2.20. The van der Waals surface area contributed by atoms with Crippen LogP contribution in [0.2, 0.25) is 0 Å². The minimum absolute atomic E-state index is 0.0435. The van der Waals surface area contributed by atoms with Gasteiger partial charge >= 0.3 is 0 Å². The molecule has 0 unspecified atom stereocenters. The quantitative estimate of drug-likeness (QED) is 0.260. The van der Waals surface area contributed by atoms with Crippen molar-refractivity contribution in [2.24, 2.45) is 0 Å². The van der Waals surface area contributed by atoms with Crippen LogP contribution in [0.25, 0.3) is 16.7 Å². The number of nitrogens with zero attached hydrogens (tertiary/aromatic N) is 6. The fraction of sp³-hybridized carbons (Fsp3) is 0.312. The summed E-state index contributed by atoms with van der Waals surface area (Å²) < 4.78 is 17.6.